The molecule has 3 nitrogen and oxygen atoms in total. The molecule has 0 heterocycles. The fourth-order valence-electron chi connectivity index (χ4n) is 1.40. The number of ether oxygens (including phenoxy) is 2. The lowest BCUT2D eigenvalue weighted by Gasteiger charge is -2.15. The highest BCUT2D eigenvalue weighted by Crippen LogP contribution is 2.28. The van der Waals surface area contributed by atoms with Crippen molar-refractivity contribution in [2.75, 3.05) is 20.8 Å². The lowest BCUT2D eigenvalue weighted by atomic mass is 10.0. The maximum Gasteiger partial charge on any atom is 0.123 e. The highest BCUT2D eigenvalue weighted by atomic mass is 35.5. The SMILES string of the molecule is COCCC(N)c1cc(Cl)ccc1OC. The van der Waals surface area contributed by atoms with Crippen LogP contribution in [0.4, 0.5) is 0 Å². The molecule has 0 aliphatic rings. The van der Waals surface area contributed by atoms with Gasteiger partial charge in [0.05, 0.1) is 7.11 Å². The Labute approximate surface area is 95.1 Å². The fraction of sp³-hybridized carbons (Fsp3) is 0.455. The van der Waals surface area contributed by atoms with Crippen molar-refractivity contribution in [1.29, 1.82) is 0 Å². The van der Waals surface area contributed by atoms with Crippen molar-refractivity contribution in [1.82, 2.24) is 0 Å². The van der Waals surface area contributed by atoms with Gasteiger partial charge in [-0.3, -0.25) is 0 Å². The first kappa shape index (κ1) is 12.3. The predicted molar refractivity (Wildman–Crippen MR) is 61.4 cm³/mol. The lowest BCUT2D eigenvalue weighted by Crippen LogP contribution is -2.13. The van der Waals surface area contributed by atoms with E-state index in [1.165, 1.54) is 0 Å². The number of benzene rings is 1. The van der Waals surface area contributed by atoms with Crippen LogP contribution in [0.5, 0.6) is 5.75 Å². The minimum Gasteiger partial charge on any atom is -0.496 e. The monoisotopic (exact) mass is 229 g/mol. The molecule has 1 aromatic rings. The van der Waals surface area contributed by atoms with Crippen LogP contribution in [0.15, 0.2) is 18.2 Å². The quantitative estimate of drug-likeness (QED) is 0.843. The summed E-state index contributed by atoms with van der Waals surface area (Å²) in [6.45, 7) is 0.622. The van der Waals surface area contributed by atoms with Gasteiger partial charge in [-0.2, -0.15) is 0 Å². The maximum absolute atomic E-state index is 6.01. The molecule has 1 rings (SSSR count). The van der Waals surface area contributed by atoms with E-state index < -0.39 is 0 Å². The molecular formula is C11H16ClNO2. The summed E-state index contributed by atoms with van der Waals surface area (Å²) >= 11 is 5.91. The minimum absolute atomic E-state index is 0.112. The van der Waals surface area contributed by atoms with Gasteiger partial charge in [-0.25, -0.2) is 0 Å². The van der Waals surface area contributed by atoms with Crippen LogP contribution in [-0.4, -0.2) is 20.8 Å². The third kappa shape index (κ3) is 3.38. The maximum atomic E-state index is 6.01. The number of rotatable bonds is 5. The van der Waals surface area contributed by atoms with Crippen molar-refractivity contribution in [3.05, 3.63) is 28.8 Å². The molecule has 0 bridgehead atoms. The van der Waals surface area contributed by atoms with Crippen molar-refractivity contribution >= 4 is 11.6 Å². The number of methoxy groups -OCH3 is 2. The Morgan fingerprint density at radius 3 is 2.73 bits per heavy atom. The topological polar surface area (TPSA) is 44.5 Å². The van der Waals surface area contributed by atoms with Crippen LogP contribution < -0.4 is 10.5 Å². The van der Waals surface area contributed by atoms with Crippen molar-refractivity contribution in [2.24, 2.45) is 5.73 Å². The van der Waals surface area contributed by atoms with Gasteiger partial charge < -0.3 is 15.2 Å². The minimum atomic E-state index is -0.112. The average Bonchev–Trinajstić information content (AvgIpc) is 2.25. The van der Waals surface area contributed by atoms with Gasteiger partial charge in [-0.1, -0.05) is 11.6 Å². The third-order valence-electron chi connectivity index (χ3n) is 2.22. The summed E-state index contributed by atoms with van der Waals surface area (Å²) in [5, 5.41) is 0.665. The van der Waals surface area contributed by atoms with E-state index in [1.54, 1.807) is 20.3 Å². The molecule has 2 N–H and O–H groups in total. The molecule has 0 saturated heterocycles. The summed E-state index contributed by atoms with van der Waals surface area (Å²) in [5.74, 6) is 0.767. The molecule has 15 heavy (non-hydrogen) atoms. The third-order valence-corrected chi connectivity index (χ3v) is 2.46. The first-order chi connectivity index (χ1) is 7.19. The Hall–Kier alpha value is -0.770. The van der Waals surface area contributed by atoms with Gasteiger partial charge in [0, 0.05) is 30.3 Å². The van der Waals surface area contributed by atoms with Crippen LogP contribution in [0, 0.1) is 0 Å². The van der Waals surface area contributed by atoms with Gasteiger partial charge in [-0.05, 0) is 24.6 Å². The van der Waals surface area contributed by atoms with Crippen LogP contribution >= 0.6 is 11.6 Å². The molecule has 0 fully saturated rings. The molecule has 0 saturated carbocycles. The molecule has 1 aromatic carbocycles. The standard InChI is InChI=1S/C11H16ClNO2/c1-14-6-5-10(13)9-7-8(12)3-4-11(9)15-2/h3-4,7,10H,5-6,13H2,1-2H3. The Morgan fingerprint density at radius 2 is 2.13 bits per heavy atom. The Balaban J connectivity index is 2.85. The molecular weight excluding hydrogens is 214 g/mol. The molecule has 1 atom stereocenters. The van der Waals surface area contributed by atoms with Crippen molar-refractivity contribution < 1.29 is 9.47 Å². The second kappa shape index (κ2) is 5.95. The van der Waals surface area contributed by atoms with Gasteiger partial charge in [0.25, 0.3) is 0 Å². The summed E-state index contributed by atoms with van der Waals surface area (Å²) in [6, 6.07) is 5.33. The lowest BCUT2D eigenvalue weighted by molar-refractivity contribution is 0.187. The van der Waals surface area contributed by atoms with Crippen LogP contribution in [0.2, 0.25) is 5.02 Å². The smallest absolute Gasteiger partial charge is 0.123 e. The highest BCUT2D eigenvalue weighted by Gasteiger charge is 2.12. The van der Waals surface area contributed by atoms with Crippen LogP contribution in [0.25, 0.3) is 0 Å². The largest absolute Gasteiger partial charge is 0.496 e. The molecule has 0 radical (unpaired) electrons. The van der Waals surface area contributed by atoms with E-state index in [1.807, 2.05) is 12.1 Å². The normalized spacial score (nSPS) is 12.5. The molecule has 84 valence electrons. The number of hydrogen-bond acceptors (Lipinski definition) is 3. The second-order valence-corrected chi connectivity index (χ2v) is 3.71. The molecule has 4 heteroatoms. The summed E-state index contributed by atoms with van der Waals surface area (Å²) in [6.07, 6.45) is 0.743. The van der Waals surface area contributed by atoms with E-state index >= 15 is 0 Å². The van der Waals surface area contributed by atoms with E-state index in [-0.39, 0.29) is 6.04 Å². The summed E-state index contributed by atoms with van der Waals surface area (Å²) in [5.41, 5.74) is 6.93. The molecule has 0 amide bonds. The highest BCUT2D eigenvalue weighted by molar-refractivity contribution is 6.30. The number of hydrogen-bond donors (Lipinski definition) is 1. The van der Waals surface area contributed by atoms with E-state index in [0.29, 0.717) is 11.6 Å². The Bertz CT molecular complexity index is 317. The zero-order valence-corrected chi connectivity index (χ0v) is 9.75. The average molecular weight is 230 g/mol. The zero-order valence-electron chi connectivity index (χ0n) is 9.00. The predicted octanol–water partition coefficient (Wildman–Crippen LogP) is 2.38. The van der Waals surface area contributed by atoms with E-state index in [4.69, 9.17) is 26.8 Å². The summed E-state index contributed by atoms with van der Waals surface area (Å²) in [4.78, 5) is 0. The Kier molecular flexibility index (Phi) is 4.88. The number of halogens is 1. The molecule has 0 aliphatic heterocycles. The van der Waals surface area contributed by atoms with Crippen LogP contribution in [0.1, 0.15) is 18.0 Å². The zero-order chi connectivity index (χ0) is 11.3. The fourth-order valence-corrected chi connectivity index (χ4v) is 1.58. The Morgan fingerprint density at radius 1 is 1.40 bits per heavy atom. The van der Waals surface area contributed by atoms with E-state index in [0.717, 1.165) is 17.7 Å². The number of nitrogens with two attached hydrogens (primary N) is 1. The van der Waals surface area contributed by atoms with Crippen molar-refractivity contribution in [2.45, 2.75) is 12.5 Å². The molecule has 0 spiro atoms. The molecule has 0 aromatic heterocycles. The van der Waals surface area contributed by atoms with Gasteiger partial charge in [0.1, 0.15) is 5.75 Å². The van der Waals surface area contributed by atoms with E-state index in [9.17, 15) is 0 Å². The van der Waals surface area contributed by atoms with Gasteiger partial charge in [-0.15, -0.1) is 0 Å². The second-order valence-electron chi connectivity index (χ2n) is 3.27. The van der Waals surface area contributed by atoms with Crippen LogP contribution in [-0.2, 0) is 4.74 Å². The molecule has 1 unspecified atom stereocenters. The van der Waals surface area contributed by atoms with Gasteiger partial charge in [0.15, 0.2) is 0 Å². The summed E-state index contributed by atoms with van der Waals surface area (Å²) in [7, 11) is 3.28. The van der Waals surface area contributed by atoms with Gasteiger partial charge >= 0.3 is 0 Å². The molecule has 0 aliphatic carbocycles. The summed E-state index contributed by atoms with van der Waals surface area (Å²) < 4.78 is 10.2. The van der Waals surface area contributed by atoms with Crippen molar-refractivity contribution in [3.8, 4) is 5.75 Å². The first-order valence-corrected chi connectivity index (χ1v) is 5.14. The first-order valence-electron chi connectivity index (χ1n) is 4.77. The van der Waals surface area contributed by atoms with Crippen molar-refractivity contribution in [3.63, 3.8) is 0 Å². The van der Waals surface area contributed by atoms with E-state index in [2.05, 4.69) is 0 Å². The van der Waals surface area contributed by atoms with Crippen LogP contribution in [0.3, 0.4) is 0 Å². The van der Waals surface area contributed by atoms with Gasteiger partial charge in [0.2, 0.25) is 0 Å².